The summed E-state index contributed by atoms with van der Waals surface area (Å²) in [5.74, 6) is 0.860. The minimum Gasteiger partial charge on any atom is -0.383 e. The highest BCUT2D eigenvalue weighted by Gasteiger charge is 2.00. The van der Waals surface area contributed by atoms with Crippen LogP contribution in [0.1, 0.15) is 12.6 Å². The summed E-state index contributed by atoms with van der Waals surface area (Å²) in [5, 5.41) is 6.60. The van der Waals surface area contributed by atoms with Crippen LogP contribution in [0.3, 0.4) is 0 Å². The fourth-order valence-corrected chi connectivity index (χ4v) is 1.89. The number of guanidine groups is 1. The van der Waals surface area contributed by atoms with Crippen molar-refractivity contribution in [1.29, 1.82) is 0 Å². The molecule has 0 fully saturated rings. The molecule has 22 heavy (non-hydrogen) atoms. The Labute approximate surface area is 134 Å². The fraction of sp³-hybridized carbons (Fsp3) is 0.625. The number of aromatic nitrogens is 1. The molecule has 0 saturated carbocycles. The van der Waals surface area contributed by atoms with Crippen LogP contribution >= 0.6 is 0 Å². The molecule has 0 radical (unpaired) electrons. The molecule has 1 aromatic rings. The van der Waals surface area contributed by atoms with Crippen molar-refractivity contribution in [3.05, 3.63) is 30.1 Å². The summed E-state index contributed by atoms with van der Waals surface area (Å²) in [6.45, 7) is 7.11. The van der Waals surface area contributed by atoms with E-state index in [0.717, 1.165) is 57.4 Å². The van der Waals surface area contributed by atoms with Crippen LogP contribution in [0.4, 0.5) is 0 Å². The summed E-state index contributed by atoms with van der Waals surface area (Å²) in [6.07, 6.45) is 2.71. The number of nitrogens with zero attached hydrogens (tertiary/aromatic N) is 3. The molecule has 0 unspecified atom stereocenters. The van der Waals surface area contributed by atoms with Crippen molar-refractivity contribution in [1.82, 2.24) is 20.5 Å². The first-order chi connectivity index (χ1) is 10.8. The molecule has 1 heterocycles. The van der Waals surface area contributed by atoms with E-state index >= 15 is 0 Å². The molecule has 0 saturated heterocycles. The predicted molar refractivity (Wildman–Crippen MR) is 91.3 cm³/mol. The minimum atomic E-state index is 0.753. The Morgan fingerprint density at radius 3 is 2.86 bits per heavy atom. The third-order valence-electron chi connectivity index (χ3n) is 3.17. The van der Waals surface area contributed by atoms with E-state index in [9.17, 15) is 0 Å². The van der Waals surface area contributed by atoms with E-state index in [0.29, 0.717) is 0 Å². The largest absolute Gasteiger partial charge is 0.383 e. The van der Waals surface area contributed by atoms with Gasteiger partial charge in [-0.15, -0.1) is 0 Å². The van der Waals surface area contributed by atoms with Gasteiger partial charge in [0.2, 0.25) is 0 Å². The Hall–Kier alpha value is -1.66. The molecule has 6 heteroatoms. The van der Waals surface area contributed by atoms with Gasteiger partial charge in [0.15, 0.2) is 5.96 Å². The number of hydrogen-bond donors (Lipinski definition) is 2. The van der Waals surface area contributed by atoms with Gasteiger partial charge in [0, 0.05) is 51.6 Å². The first-order valence-corrected chi connectivity index (χ1v) is 7.85. The average Bonchev–Trinajstić information content (AvgIpc) is 2.54. The first kappa shape index (κ1) is 18.4. The van der Waals surface area contributed by atoms with Gasteiger partial charge < -0.3 is 20.3 Å². The van der Waals surface area contributed by atoms with Crippen LogP contribution in [-0.2, 0) is 11.2 Å². The molecule has 0 aliphatic rings. The standard InChI is InChI=1S/C16H29N5O/c1-4-17-16(20-11-12-21(2)13-14-22-3)19-10-8-15-7-5-6-9-18-15/h5-7,9H,4,8,10-14H2,1-3H3,(H2,17,19,20). The third-order valence-corrected chi connectivity index (χ3v) is 3.17. The highest BCUT2D eigenvalue weighted by molar-refractivity contribution is 5.79. The van der Waals surface area contributed by atoms with Crippen LogP contribution in [0.25, 0.3) is 0 Å². The SMILES string of the molecule is CCNC(=NCCN(C)CCOC)NCCc1ccccn1. The summed E-state index contributed by atoms with van der Waals surface area (Å²) in [7, 11) is 3.80. The van der Waals surface area contributed by atoms with Gasteiger partial charge in [-0.1, -0.05) is 6.07 Å². The van der Waals surface area contributed by atoms with Gasteiger partial charge in [0.25, 0.3) is 0 Å². The topological polar surface area (TPSA) is 61.8 Å². The van der Waals surface area contributed by atoms with Gasteiger partial charge in [-0.05, 0) is 26.1 Å². The van der Waals surface area contributed by atoms with Crippen molar-refractivity contribution in [2.45, 2.75) is 13.3 Å². The average molecular weight is 307 g/mol. The Bertz CT molecular complexity index is 410. The Morgan fingerprint density at radius 2 is 2.18 bits per heavy atom. The maximum Gasteiger partial charge on any atom is 0.191 e. The van der Waals surface area contributed by atoms with E-state index in [-0.39, 0.29) is 0 Å². The van der Waals surface area contributed by atoms with E-state index in [1.807, 2.05) is 24.4 Å². The summed E-state index contributed by atoms with van der Waals surface area (Å²) in [4.78, 5) is 11.1. The smallest absolute Gasteiger partial charge is 0.191 e. The van der Waals surface area contributed by atoms with E-state index < -0.39 is 0 Å². The predicted octanol–water partition coefficient (Wildman–Crippen LogP) is 0.757. The van der Waals surface area contributed by atoms with Crippen LogP contribution in [0, 0.1) is 0 Å². The van der Waals surface area contributed by atoms with E-state index in [1.54, 1.807) is 7.11 Å². The monoisotopic (exact) mass is 307 g/mol. The maximum absolute atomic E-state index is 5.07. The Morgan fingerprint density at radius 1 is 1.32 bits per heavy atom. The normalized spacial score (nSPS) is 11.7. The number of rotatable bonds is 10. The first-order valence-electron chi connectivity index (χ1n) is 7.85. The van der Waals surface area contributed by atoms with Crippen molar-refractivity contribution in [2.75, 3.05) is 53.5 Å². The van der Waals surface area contributed by atoms with Gasteiger partial charge >= 0.3 is 0 Å². The molecule has 0 aliphatic heterocycles. The molecule has 0 spiro atoms. The van der Waals surface area contributed by atoms with Crippen LogP contribution < -0.4 is 10.6 Å². The van der Waals surface area contributed by atoms with Crippen molar-refractivity contribution in [2.24, 2.45) is 4.99 Å². The Balaban J connectivity index is 2.29. The number of ether oxygens (including phenoxy) is 1. The van der Waals surface area contributed by atoms with Gasteiger partial charge in [0.1, 0.15) is 0 Å². The second-order valence-corrected chi connectivity index (χ2v) is 5.05. The van der Waals surface area contributed by atoms with Crippen molar-refractivity contribution in [3.8, 4) is 0 Å². The van der Waals surface area contributed by atoms with Crippen molar-refractivity contribution in [3.63, 3.8) is 0 Å². The number of methoxy groups -OCH3 is 1. The number of nitrogens with one attached hydrogen (secondary N) is 2. The zero-order valence-electron chi connectivity index (χ0n) is 14.0. The van der Waals surface area contributed by atoms with E-state index in [4.69, 9.17) is 4.74 Å². The zero-order chi connectivity index (χ0) is 16.0. The molecular formula is C16H29N5O. The molecule has 1 rings (SSSR count). The van der Waals surface area contributed by atoms with Gasteiger partial charge in [0.05, 0.1) is 13.2 Å². The number of hydrogen-bond acceptors (Lipinski definition) is 4. The molecule has 124 valence electrons. The maximum atomic E-state index is 5.07. The molecular weight excluding hydrogens is 278 g/mol. The van der Waals surface area contributed by atoms with Crippen molar-refractivity contribution < 1.29 is 4.74 Å². The molecule has 0 aliphatic carbocycles. The molecule has 2 N–H and O–H groups in total. The molecule has 1 aromatic heterocycles. The number of aliphatic imine (C=N–C) groups is 1. The quantitative estimate of drug-likeness (QED) is 0.493. The Kier molecular flexibility index (Phi) is 9.98. The van der Waals surface area contributed by atoms with Crippen LogP contribution in [0.15, 0.2) is 29.4 Å². The second-order valence-electron chi connectivity index (χ2n) is 5.05. The van der Waals surface area contributed by atoms with Crippen LogP contribution in [0.2, 0.25) is 0 Å². The molecule has 0 bridgehead atoms. The third kappa shape index (κ3) is 8.59. The lowest BCUT2D eigenvalue weighted by Gasteiger charge is -2.15. The highest BCUT2D eigenvalue weighted by Crippen LogP contribution is 1.93. The summed E-state index contributed by atoms with van der Waals surface area (Å²) in [5.41, 5.74) is 1.09. The van der Waals surface area contributed by atoms with Gasteiger partial charge in [-0.25, -0.2) is 0 Å². The minimum absolute atomic E-state index is 0.753. The summed E-state index contributed by atoms with van der Waals surface area (Å²) in [6, 6.07) is 5.98. The van der Waals surface area contributed by atoms with E-state index in [2.05, 4.69) is 39.5 Å². The molecule has 6 nitrogen and oxygen atoms in total. The fourth-order valence-electron chi connectivity index (χ4n) is 1.89. The van der Waals surface area contributed by atoms with Crippen LogP contribution in [-0.4, -0.2) is 69.3 Å². The lowest BCUT2D eigenvalue weighted by molar-refractivity contribution is 0.163. The second kappa shape index (κ2) is 11.9. The van der Waals surface area contributed by atoms with Gasteiger partial charge in [-0.2, -0.15) is 0 Å². The van der Waals surface area contributed by atoms with Crippen molar-refractivity contribution >= 4 is 5.96 Å². The summed E-state index contributed by atoms with van der Waals surface area (Å²) >= 11 is 0. The lowest BCUT2D eigenvalue weighted by atomic mass is 10.3. The molecule has 0 aromatic carbocycles. The molecule has 0 atom stereocenters. The summed E-state index contributed by atoms with van der Waals surface area (Å²) < 4.78 is 5.07. The lowest BCUT2D eigenvalue weighted by Crippen LogP contribution is -2.39. The zero-order valence-corrected chi connectivity index (χ0v) is 14.0. The van der Waals surface area contributed by atoms with E-state index in [1.165, 1.54) is 0 Å². The number of likely N-dealkylation sites (N-methyl/N-ethyl adjacent to an activating group) is 1. The van der Waals surface area contributed by atoms with Gasteiger partial charge in [-0.3, -0.25) is 9.98 Å². The highest BCUT2D eigenvalue weighted by atomic mass is 16.5. The molecule has 0 amide bonds. The van der Waals surface area contributed by atoms with Crippen LogP contribution in [0.5, 0.6) is 0 Å². The number of pyridine rings is 1.